The SMILES string of the molecule is CC[C@H](O)CNC(=O)[C@@H]1N[C@H](CC(C)(C)C)[C@]2(C(=O)Nc3cc(Cl)c(F)cc32)[C@H]1c1ccc(F)c(Cl)c1. The minimum atomic E-state index is -1.43. The third-order valence-electron chi connectivity index (χ3n) is 7.27. The largest absolute Gasteiger partial charge is 0.391 e. The maximum Gasteiger partial charge on any atom is 0.237 e. The number of carbonyl (C=O) groups is 2. The van der Waals surface area contributed by atoms with Gasteiger partial charge in [-0.05, 0) is 53.6 Å². The van der Waals surface area contributed by atoms with Crippen molar-refractivity contribution >= 4 is 40.7 Å². The standard InChI is InChI=1S/C27H31Cl2F2N3O3/c1-5-14(35)12-32-24(36)23-22(13-6-7-18(30)16(28)8-13)27(21(34-23)11-26(2,3)4)15-9-19(31)17(29)10-20(15)33-25(27)37/h6-10,14,21-23,34-35H,5,11-12H2,1-4H3,(H,32,36)(H,33,37)/t14-,21+,22-,23+,27-/m0/s1. The molecule has 6 nitrogen and oxygen atoms in total. The molecule has 0 saturated carbocycles. The van der Waals surface area contributed by atoms with Crippen molar-refractivity contribution in [1.82, 2.24) is 10.6 Å². The van der Waals surface area contributed by atoms with Crippen molar-refractivity contribution in [2.24, 2.45) is 5.41 Å². The molecule has 5 atom stereocenters. The molecule has 4 N–H and O–H groups in total. The number of fused-ring (bicyclic) bond motifs is 2. The van der Waals surface area contributed by atoms with Gasteiger partial charge in [-0.25, -0.2) is 8.78 Å². The quantitative estimate of drug-likeness (QED) is 0.409. The summed E-state index contributed by atoms with van der Waals surface area (Å²) in [5.74, 6) is -3.07. The van der Waals surface area contributed by atoms with E-state index in [-0.39, 0.29) is 22.0 Å². The zero-order chi connectivity index (χ0) is 27.3. The van der Waals surface area contributed by atoms with E-state index in [1.165, 1.54) is 30.3 Å². The van der Waals surface area contributed by atoms with Crippen LogP contribution in [0, 0.1) is 17.0 Å². The van der Waals surface area contributed by atoms with Gasteiger partial charge in [0.05, 0.1) is 22.2 Å². The molecule has 200 valence electrons. The average Bonchev–Trinajstić information content (AvgIpc) is 3.28. The third-order valence-corrected chi connectivity index (χ3v) is 7.85. The van der Waals surface area contributed by atoms with Gasteiger partial charge in [-0.2, -0.15) is 0 Å². The molecule has 0 radical (unpaired) electrons. The number of nitrogens with one attached hydrogen (secondary N) is 3. The summed E-state index contributed by atoms with van der Waals surface area (Å²) in [5.41, 5.74) is -0.535. The number of anilines is 1. The molecule has 0 aromatic heterocycles. The molecule has 0 unspecified atom stereocenters. The Morgan fingerprint density at radius 3 is 2.46 bits per heavy atom. The molecule has 1 saturated heterocycles. The molecule has 4 rings (SSSR count). The normalized spacial score (nSPS) is 25.8. The molecule has 1 spiro atoms. The summed E-state index contributed by atoms with van der Waals surface area (Å²) in [6, 6.07) is 5.13. The van der Waals surface area contributed by atoms with Gasteiger partial charge in [-0.1, -0.05) is 57.0 Å². The zero-order valence-corrected chi connectivity index (χ0v) is 22.6. The number of hydrogen-bond donors (Lipinski definition) is 4. The number of carbonyl (C=O) groups excluding carboxylic acids is 2. The molecule has 2 aromatic carbocycles. The Morgan fingerprint density at radius 2 is 1.84 bits per heavy atom. The molecule has 2 aliphatic heterocycles. The fourth-order valence-corrected chi connectivity index (χ4v) is 5.97. The van der Waals surface area contributed by atoms with Crippen LogP contribution in [0.5, 0.6) is 0 Å². The molecule has 0 aliphatic carbocycles. The van der Waals surface area contributed by atoms with Gasteiger partial charge in [0, 0.05) is 24.2 Å². The Kier molecular flexibility index (Phi) is 7.60. The zero-order valence-electron chi connectivity index (χ0n) is 21.1. The van der Waals surface area contributed by atoms with Crippen LogP contribution in [0.1, 0.15) is 57.6 Å². The summed E-state index contributed by atoms with van der Waals surface area (Å²) in [7, 11) is 0. The predicted octanol–water partition coefficient (Wildman–Crippen LogP) is 4.91. The summed E-state index contributed by atoms with van der Waals surface area (Å²) in [6.45, 7) is 7.84. The maximum absolute atomic E-state index is 14.9. The first-order valence-electron chi connectivity index (χ1n) is 12.3. The van der Waals surface area contributed by atoms with Crippen LogP contribution in [0.2, 0.25) is 10.0 Å². The second-order valence-corrected chi connectivity index (χ2v) is 11.9. The van der Waals surface area contributed by atoms with Crippen molar-refractivity contribution in [3.05, 3.63) is 63.1 Å². The third kappa shape index (κ3) is 4.97. The van der Waals surface area contributed by atoms with Crippen molar-refractivity contribution in [2.45, 2.75) is 70.1 Å². The molecule has 2 aliphatic rings. The second-order valence-electron chi connectivity index (χ2n) is 11.1. The van der Waals surface area contributed by atoms with Crippen LogP contribution in [0.15, 0.2) is 30.3 Å². The minimum absolute atomic E-state index is 0.0222. The molecule has 37 heavy (non-hydrogen) atoms. The number of rotatable bonds is 6. The second kappa shape index (κ2) is 10.1. The van der Waals surface area contributed by atoms with Crippen LogP contribution >= 0.6 is 23.2 Å². The summed E-state index contributed by atoms with van der Waals surface area (Å²) in [6.07, 6.45) is 0.161. The van der Waals surface area contributed by atoms with E-state index in [2.05, 4.69) is 16.0 Å². The van der Waals surface area contributed by atoms with E-state index in [1.54, 1.807) is 6.92 Å². The highest BCUT2D eigenvalue weighted by Crippen LogP contribution is 2.57. The molecule has 10 heteroatoms. The van der Waals surface area contributed by atoms with Crippen molar-refractivity contribution in [3.8, 4) is 0 Å². The van der Waals surface area contributed by atoms with Gasteiger partial charge in [0.15, 0.2) is 0 Å². The lowest BCUT2D eigenvalue weighted by atomic mass is 9.62. The number of aliphatic hydroxyl groups excluding tert-OH is 1. The van der Waals surface area contributed by atoms with E-state index in [4.69, 9.17) is 23.2 Å². The lowest BCUT2D eigenvalue weighted by Gasteiger charge is -2.37. The van der Waals surface area contributed by atoms with Gasteiger partial charge < -0.3 is 21.1 Å². The Morgan fingerprint density at radius 1 is 1.16 bits per heavy atom. The smallest absolute Gasteiger partial charge is 0.237 e. The number of halogens is 4. The highest BCUT2D eigenvalue weighted by Gasteiger charge is 2.66. The minimum Gasteiger partial charge on any atom is -0.391 e. The Balaban J connectivity index is 1.95. The van der Waals surface area contributed by atoms with Crippen LogP contribution < -0.4 is 16.0 Å². The summed E-state index contributed by atoms with van der Waals surface area (Å²) in [4.78, 5) is 27.6. The monoisotopic (exact) mass is 553 g/mol. The number of amides is 2. The highest BCUT2D eigenvalue weighted by molar-refractivity contribution is 6.31. The van der Waals surface area contributed by atoms with Crippen molar-refractivity contribution in [2.75, 3.05) is 11.9 Å². The fourth-order valence-electron chi connectivity index (χ4n) is 5.61. The first kappa shape index (κ1) is 27.8. The van der Waals surface area contributed by atoms with Gasteiger partial charge in [0.1, 0.15) is 17.0 Å². The molecular weight excluding hydrogens is 523 g/mol. The van der Waals surface area contributed by atoms with Crippen LogP contribution in [-0.4, -0.2) is 41.7 Å². The molecular formula is C27H31Cl2F2N3O3. The predicted molar refractivity (Wildman–Crippen MR) is 140 cm³/mol. The van der Waals surface area contributed by atoms with E-state index in [0.717, 1.165) is 0 Å². The molecule has 2 aromatic rings. The average molecular weight is 554 g/mol. The van der Waals surface area contributed by atoms with Crippen LogP contribution in [0.25, 0.3) is 0 Å². The van der Waals surface area contributed by atoms with Gasteiger partial charge in [-0.3, -0.25) is 9.59 Å². The summed E-state index contributed by atoms with van der Waals surface area (Å²) >= 11 is 12.2. The lowest BCUT2D eigenvalue weighted by Crippen LogP contribution is -2.49. The van der Waals surface area contributed by atoms with Gasteiger partial charge >= 0.3 is 0 Å². The topological polar surface area (TPSA) is 90.5 Å². The van der Waals surface area contributed by atoms with Gasteiger partial charge in [-0.15, -0.1) is 0 Å². The highest BCUT2D eigenvalue weighted by atomic mass is 35.5. The van der Waals surface area contributed by atoms with E-state index < -0.39 is 53.0 Å². The maximum atomic E-state index is 14.9. The van der Waals surface area contributed by atoms with Crippen LogP contribution in [-0.2, 0) is 15.0 Å². The van der Waals surface area contributed by atoms with Gasteiger partial charge in [0.2, 0.25) is 11.8 Å². The molecule has 1 fully saturated rings. The first-order chi connectivity index (χ1) is 17.3. The van der Waals surface area contributed by atoms with Crippen LogP contribution in [0.3, 0.4) is 0 Å². The van der Waals surface area contributed by atoms with Gasteiger partial charge in [0.25, 0.3) is 0 Å². The number of hydrogen-bond acceptors (Lipinski definition) is 4. The van der Waals surface area contributed by atoms with Crippen LogP contribution in [0.4, 0.5) is 14.5 Å². The number of aliphatic hydroxyl groups is 1. The first-order valence-corrected chi connectivity index (χ1v) is 13.0. The number of benzene rings is 2. The van der Waals surface area contributed by atoms with Crippen molar-refractivity contribution < 1.29 is 23.5 Å². The Bertz CT molecular complexity index is 1240. The van der Waals surface area contributed by atoms with E-state index in [1.807, 2.05) is 20.8 Å². The van der Waals surface area contributed by atoms with E-state index in [9.17, 15) is 23.5 Å². The Hall–Kier alpha value is -2.26. The Labute approximate surface area is 225 Å². The van der Waals surface area contributed by atoms with E-state index in [0.29, 0.717) is 29.7 Å². The molecule has 0 bridgehead atoms. The summed E-state index contributed by atoms with van der Waals surface area (Å²) < 4.78 is 29.1. The fraction of sp³-hybridized carbons (Fsp3) is 0.481. The molecule has 2 heterocycles. The van der Waals surface area contributed by atoms with Crippen molar-refractivity contribution in [3.63, 3.8) is 0 Å². The molecule has 2 amide bonds. The lowest BCUT2D eigenvalue weighted by molar-refractivity contribution is -0.124. The van der Waals surface area contributed by atoms with Crippen molar-refractivity contribution in [1.29, 1.82) is 0 Å². The van der Waals surface area contributed by atoms with E-state index >= 15 is 0 Å². The summed E-state index contributed by atoms with van der Waals surface area (Å²) in [5, 5.41) is 18.7.